The van der Waals surface area contributed by atoms with Crippen molar-refractivity contribution in [3.8, 4) is 34.5 Å². The second kappa shape index (κ2) is 11.3. The van der Waals surface area contributed by atoms with Crippen LogP contribution >= 0.6 is 0 Å². The van der Waals surface area contributed by atoms with Gasteiger partial charge in [-0.25, -0.2) is 0 Å². The molecule has 6 nitrogen and oxygen atoms in total. The van der Waals surface area contributed by atoms with Crippen LogP contribution in [0.5, 0.6) is 34.5 Å². The van der Waals surface area contributed by atoms with Crippen molar-refractivity contribution in [3.63, 3.8) is 0 Å². The average Bonchev–Trinajstić information content (AvgIpc) is 3.68. The highest BCUT2D eigenvalue weighted by Gasteiger charge is 2.18. The molecule has 0 aromatic heterocycles. The summed E-state index contributed by atoms with van der Waals surface area (Å²) in [6.45, 7) is 1.69. The summed E-state index contributed by atoms with van der Waals surface area (Å²) in [5.41, 5.74) is 3.97. The van der Waals surface area contributed by atoms with Crippen LogP contribution in [0, 0.1) is 0 Å². The van der Waals surface area contributed by atoms with Gasteiger partial charge in [-0.05, 0) is 72.4 Å². The molecule has 0 atom stereocenters. The molecule has 0 unspecified atom stereocenters. The van der Waals surface area contributed by atoms with E-state index in [-0.39, 0.29) is 0 Å². The first kappa shape index (κ1) is 23.9. The zero-order valence-corrected chi connectivity index (χ0v) is 21.2. The van der Waals surface area contributed by atoms with Crippen LogP contribution in [0.4, 0.5) is 0 Å². The first-order valence-electron chi connectivity index (χ1n) is 13.5. The second-order valence-electron chi connectivity index (χ2n) is 10.1. The van der Waals surface area contributed by atoms with Crippen LogP contribution in [0.1, 0.15) is 36.0 Å². The predicted molar refractivity (Wildman–Crippen MR) is 143 cm³/mol. The lowest BCUT2D eigenvalue weighted by Gasteiger charge is -2.14. The van der Waals surface area contributed by atoms with Gasteiger partial charge in [0.05, 0.1) is 0 Å². The molecule has 0 radical (unpaired) electrons. The number of fused-ring (bicyclic) bond motifs is 3. The molecule has 0 saturated heterocycles. The minimum absolute atomic E-state index is 0.327. The van der Waals surface area contributed by atoms with Gasteiger partial charge in [0.2, 0.25) is 20.4 Å². The molecular weight excluding hydrogens is 467 g/mol. The van der Waals surface area contributed by atoms with Crippen LogP contribution in [-0.2, 0) is 19.3 Å². The Labute approximate surface area is 218 Å². The Bertz CT molecular complexity index is 1080. The van der Waals surface area contributed by atoms with Gasteiger partial charge in [0.15, 0.2) is 34.5 Å². The Hall–Kier alpha value is -3.48. The largest absolute Gasteiger partial charge is 0.454 e. The fourth-order valence-corrected chi connectivity index (χ4v) is 5.51. The van der Waals surface area contributed by atoms with Crippen molar-refractivity contribution in [2.24, 2.45) is 0 Å². The number of benzene rings is 3. The SMILES string of the molecule is c1cc2c(cc1CCCB(CCCc1ccc3c(c1)OCO3)CCCc1ccc3c(c1)OCO3)OCO2. The van der Waals surface area contributed by atoms with Gasteiger partial charge in [-0.2, -0.15) is 0 Å². The van der Waals surface area contributed by atoms with E-state index in [1.165, 1.54) is 54.9 Å². The van der Waals surface area contributed by atoms with E-state index in [0.717, 1.165) is 53.8 Å². The van der Waals surface area contributed by atoms with Crippen molar-refractivity contribution < 1.29 is 28.4 Å². The van der Waals surface area contributed by atoms with Crippen molar-refractivity contribution in [2.75, 3.05) is 20.4 Å². The number of aryl methyl sites for hydroxylation is 3. The summed E-state index contributed by atoms with van der Waals surface area (Å²) in [6, 6.07) is 19.0. The molecule has 6 rings (SSSR count). The van der Waals surface area contributed by atoms with Crippen molar-refractivity contribution in [1.29, 1.82) is 0 Å². The average molecular weight is 500 g/mol. The lowest BCUT2D eigenvalue weighted by Crippen LogP contribution is -2.13. The van der Waals surface area contributed by atoms with E-state index in [4.69, 9.17) is 28.4 Å². The van der Waals surface area contributed by atoms with Crippen LogP contribution in [0.25, 0.3) is 0 Å². The minimum atomic E-state index is 0.327. The van der Waals surface area contributed by atoms with Crippen LogP contribution < -0.4 is 28.4 Å². The normalized spacial score (nSPS) is 14.3. The maximum Gasteiger partial charge on any atom is 0.231 e. The summed E-state index contributed by atoms with van der Waals surface area (Å²) in [6.07, 6.45) is 10.4. The number of hydrogen-bond donors (Lipinski definition) is 0. The summed E-state index contributed by atoms with van der Waals surface area (Å²) in [7, 11) is 0. The molecule has 0 bridgehead atoms. The Kier molecular flexibility index (Phi) is 7.29. The Morgan fingerprint density at radius 2 is 0.757 bits per heavy atom. The monoisotopic (exact) mass is 500 g/mol. The molecular formula is C30H33BO6. The quantitative estimate of drug-likeness (QED) is 0.263. The number of rotatable bonds is 12. The first-order valence-corrected chi connectivity index (χ1v) is 13.5. The van der Waals surface area contributed by atoms with Crippen LogP contribution in [0.3, 0.4) is 0 Å². The predicted octanol–water partition coefficient (Wildman–Crippen LogP) is 6.57. The molecule has 0 fully saturated rings. The highest BCUT2D eigenvalue weighted by Crippen LogP contribution is 2.35. The third-order valence-corrected chi connectivity index (χ3v) is 7.54. The van der Waals surface area contributed by atoms with Crippen molar-refractivity contribution >= 4 is 6.71 Å². The molecule has 7 heteroatoms. The first-order chi connectivity index (χ1) is 18.3. The summed E-state index contributed by atoms with van der Waals surface area (Å²) in [5, 5.41) is 0. The highest BCUT2D eigenvalue weighted by atomic mass is 16.7. The Morgan fingerprint density at radius 3 is 1.11 bits per heavy atom. The van der Waals surface area contributed by atoms with Crippen molar-refractivity contribution in [1.82, 2.24) is 0 Å². The summed E-state index contributed by atoms with van der Waals surface area (Å²) < 4.78 is 33.0. The van der Waals surface area contributed by atoms with E-state index in [1.807, 2.05) is 18.2 Å². The molecule has 0 amide bonds. The fraction of sp³-hybridized carbons (Fsp3) is 0.400. The molecule has 3 aromatic rings. The van der Waals surface area contributed by atoms with Gasteiger partial charge in [-0.15, -0.1) is 0 Å². The van der Waals surface area contributed by atoms with Crippen LogP contribution in [0.15, 0.2) is 54.6 Å². The molecule has 0 aliphatic carbocycles. The highest BCUT2D eigenvalue weighted by molar-refractivity contribution is 6.58. The van der Waals surface area contributed by atoms with E-state index in [1.54, 1.807) is 0 Å². The molecule has 3 aliphatic rings. The van der Waals surface area contributed by atoms with Crippen LogP contribution in [-0.4, -0.2) is 27.1 Å². The number of ether oxygens (including phenoxy) is 6. The molecule has 37 heavy (non-hydrogen) atoms. The lowest BCUT2D eigenvalue weighted by atomic mass is 9.41. The zero-order valence-electron chi connectivity index (χ0n) is 21.2. The minimum Gasteiger partial charge on any atom is -0.454 e. The van der Waals surface area contributed by atoms with Gasteiger partial charge in [0.1, 0.15) is 6.71 Å². The molecule has 3 aliphatic heterocycles. The van der Waals surface area contributed by atoms with Gasteiger partial charge in [0, 0.05) is 0 Å². The third kappa shape index (κ3) is 5.92. The summed E-state index contributed by atoms with van der Waals surface area (Å²) in [5.74, 6) is 5.19. The van der Waals surface area contributed by atoms with E-state index >= 15 is 0 Å². The van der Waals surface area contributed by atoms with Gasteiger partial charge < -0.3 is 28.4 Å². The fourth-order valence-electron chi connectivity index (χ4n) is 5.51. The van der Waals surface area contributed by atoms with Crippen molar-refractivity contribution in [2.45, 2.75) is 57.5 Å². The standard InChI is InChI=1S/C30H33BO6/c1(4-22-7-10-25-28(16-22)35-19-32-25)13-31(14-2-5-23-8-11-26-29(17-23)36-20-33-26)15-3-6-24-9-12-27-30(18-24)37-21-34-27/h7-12,16-18H,1-6,13-15,19-21H2. The third-order valence-electron chi connectivity index (χ3n) is 7.54. The Balaban J connectivity index is 1.02. The molecule has 3 aromatic carbocycles. The van der Waals surface area contributed by atoms with E-state index in [2.05, 4.69) is 36.4 Å². The summed E-state index contributed by atoms with van der Waals surface area (Å²) >= 11 is 0. The lowest BCUT2D eigenvalue weighted by molar-refractivity contribution is 0.173. The molecule has 0 spiro atoms. The van der Waals surface area contributed by atoms with E-state index in [0.29, 0.717) is 27.1 Å². The van der Waals surface area contributed by atoms with E-state index in [9.17, 15) is 0 Å². The molecule has 192 valence electrons. The molecule has 3 heterocycles. The van der Waals surface area contributed by atoms with Gasteiger partial charge in [-0.3, -0.25) is 0 Å². The van der Waals surface area contributed by atoms with Gasteiger partial charge >= 0.3 is 0 Å². The number of hydrogen-bond acceptors (Lipinski definition) is 6. The maximum atomic E-state index is 5.56. The second-order valence-corrected chi connectivity index (χ2v) is 10.1. The summed E-state index contributed by atoms with van der Waals surface area (Å²) in [4.78, 5) is 0. The Morgan fingerprint density at radius 1 is 0.432 bits per heavy atom. The van der Waals surface area contributed by atoms with Crippen LogP contribution in [0.2, 0.25) is 19.0 Å². The maximum absolute atomic E-state index is 5.56. The van der Waals surface area contributed by atoms with Crippen molar-refractivity contribution in [3.05, 3.63) is 71.3 Å². The van der Waals surface area contributed by atoms with E-state index < -0.39 is 0 Å². The van der Waals surface area contributed by atoms with Gasteiger partial charge in [-0.1, -0.05) is 56.4 Å². The smallest absolute Gasteiger partial charge is 0.231 e. The topological polar surface area (TPSA) is 55.4 Å². The molecule has 0 N–H and O–H groups in total. The molecule has 0 saturated carbocycles. The zero-order chi connectivity index (χ0) is 24.9. The van der Waals surface area contributed by atoms with Gasteiger partial charge in [0.25, 0.3) is 0 Å².